The van der Waals surface area contributed by atoms with E-state index in [1.807, 2.05) is 0 Å². The van der Waals surface area contributed by atoms with Gasteiger partial charge in [-0.3, -0.25) is 9.52 Å². The SMILES string of the molecule is O=C1/C(=C/c2c(F)cccc2Cl)NS(=O)(=O)c2ccccc21. The lowest BCUT2D eigenvalue weighted by atomic mass is 10.1. The van der Waals surface area contributed by atoms with Crippen LogP contribution in [-0.4, -0.2) is 14.2 Å². The standard InChI is InChI=1S/C15H9ClFNO3S/c16-11-5-3-6-12(17)10(11)8-13-15(19)9-4-1-2-7-14(9)22(20,21)18-13/h1-8,18H/b13-8-. The van der Waals surface area contributed by atoms with Crippen LogP contribution >= 0.6 is 11.6 Å². The van der Waals surface area contributed by atoms with Crippen molar-refractivity contribution in [3.63, 3.8) is 0 Å². The number of carbonyl (C=O) groups excluding carboxylic acids is 1. The van der Waals surface area contributed by atoms with Gasteiger partial charge in [-0.15, -0.1) is 0 Å². The van der Waals surface area contributed by atoms with Gasteiger partial charge in [-0.05, 0) is 30.3 Å². The van der Waals surface area contributed by atoms with Crippen LogP contribution in [-0.2, 0) is 10.0 Å². The molecule has 1 aliphatic rings. The molecule has 0 spiro atoms. The second kappa shape index (κ2) is 5.23. The number of rotatable bonds is 1. The molecule has 0 atom stereocenters. The summed E-state index contributed by atoms with van der Waals surface area (Å²) in [5.74, 6) is -1.18. The molecule has 0 radical (unpaired) electrons. The summed E-state index contributed by atoms with van der Waals surface area (Å²) in [4.78, 5) is 12.3. The van der Waals surface area contributed by atoms with Crippen molar-refractivity contribution in [2.45, 2.75) is 4.90 Å². The number of ketones is 1. The summed E-state index contributed by atoms with van der Waals surface area (Å²) in [7, 11) is -3.87. The van der Waals surface area contributed by atoms with Crippen molar-refractivity contribution in [1.29, 1.82) is 0 Å². The molecule has 2 aromatic rings. The van der Waals surface area contributed by atoms with E-state index in [0.29, 0.717) is 0 Å². The second-order valence-corrected chi connectivity index (χ2v) is 6.68. The minimum Gasteiger partial charge on any atom is -0.287 e. The number of hydrogen-bond acceptors (Lipinski definition) is 3. The van der Waals surface area contributed by atoms with E-state index in [2.05, 4.69) is 4.72 Å². The van der Waals surface area contributed by atoms with Gasteiger partial charge < -0.3 is 0 Å². The Balaban J connectivity index is 2.19. The molecular formula is C15H9ClFNO3S. The molecule has 112 valence electrons. The molecule has 4 nitrogen and oxygen atoms in total. The first-order chi connectivity index (χ1) is 10.4. The van der Waals surface area contributed by atoms with Crippen molar-refractivity contribution in [2.24, 2.45) is 0 Å². The molecule has 1 N–H and O–H groups in total. The third-order valence-electron chi connectivity index (χ3n) is 3.20. The summed E-state index contributed by atoms with van der Waals surface area (Å²) >= 11 is 5.89. The van der Waals surface area contributed by atoms with Gasteiger partial charge in [0.05, 0.1) is 15.6 Å². The average molecular weight is 338 g/mol. The van der Waals surface area contributed by atoms with Gasteiger partial charge in [-0.2, -0.15) is 0 Å². The van der Waals surface area contributed by atoms with Crippen LogP contribution in [0.15, 0.2) is 53.1 Å². The molecule has 0 aromatic heterocycles. The summed E-state index contributed by atoms with van der Waals surface area (Å²) in [5.41, 5.74) is -0.250. The number of hydrogen-bond donors (Lipinski definition) is 1. The Hall–Kier alpha value is -2.18. The maximum Gasteiger partial charge on any atom is 0.262 e. The van der Waals surface area contributed by atoms with E-state index < -0.39 is 21.6 Å². The van der Waals surface area contributed by atoms with E-state index in [-0.39, 0.29) is 26.7 Å². The molecule has 0 saturated carbocycles. The molecule has 1 aliphatic heterocycles. The summed E-state index contributed by atoms with van der Waals surface area (Å²) in [6, 6.07) is 9.87. The molecule has 0 aliphatic carbocycles. The zero-order chi connectivity index (χ0) is 15.9. The minimum atomic E-state index is -3.87. The van der Waals surface area contributed by atoms with Crippen molar-refractivity contribution in [2.75, 3.05) is 0 Å². The number of benzene rings is 2. The van der Waals surface area contributed by atoms with E-state index >= 15 is 0 Å². The van der Waals surface area contributed by atoms with Crippen LogP contribution in [0.2, 0.25) is 5.02 Å². The Morgan fingerprint density at radius 2 is 1.82 bits per heavy atom. The smallest absolute Gasteiger partial charge is 0.262 e. The number of sulfonamides is 1. The molecule has 1 heterocycles. The zero-order valence-electron chi connectivity index (χ0n) is 11.0. The lowest BCUT2D eigenvalue weighted by molar-refractivity contribution is 0.102. The van der Waals surface area contributed by atoms with E-state index in [1.165, 1.54) is 36.4 Å². The Morgan fingerprint density at radius 1 is 1.09 bits per heavy atom. The highest BCUT2D eigenvalue weighted by molar-refractivity contribution is 7.90. The zero-order valence-corrected chi connectivity index (χ0v) is 12.6. The minimum absolute atomic E-state index is 0.0416. The number of carbonyl (C=O) groups is 1. The number of Topliss-reactive ketones (excluding diaryl/α,β-unsaturated/α-hetero) is 1. The van der Waals surface area contributed by atoms with E-state index in [0.717, 1.165) is 6.08 Å². The predicted molar refractivity (Wildman–Crippen MR) is 80.5 cm³/mol. The third-order valence-corrected chi connectivity index (χ3v) is 4.95. The van der Waals surface area contributed by atoms with Crippen molar-refractivity contribution in [3.05, 3.63) is 70.1 Å². The third kappa shape index (κ3) is 2.40. The van der Waals surface area contributed by atoms with Gasteiger partial charge in [-0.25, -0.2) is 12.8 Å². The van der Waals surface area contributed by atoms with Crippen molar-refractivity contribution in [3.8, 4) is 0 Å². The van der Waals surface area contributed by atoms with E-state index in [4.69, 9.17) is 11.6 Å². The van der Waals surface area contributed by atoms with Gasteiger partial charge in [-0.1, -0.05) is 29.8 Å². The van der Waals surface area contributed by atoms with Crippen LogP contribution < -0.4 is 4.72 Å². The fraction of sp³-hybridized carbons (Fsp3) is 0. The van der Waals surface area contributed by atoms with Crippen LogP contribution in [0.5, 0.6) is 0 Å². The number of nitrogens with one attached hydrogen (secondary N) is 1. The van der Waals surface area contributed by atoms with Gasteiger partial charge in [0.25, 0.3) is 10.0 Å². The Kier molecular flexibility index (Phi) is 3.50. The lowest BCUT2D eigenvalue weighted by Gasteiger charge is -2.19. The Labute approximate surface area is 131 Å². The first-order valence-electron chi connectivity index (χ1n) is 6.22. The van der Waals surface area contributed by atoms with Gasteiger partial charge in [0, 0.05) is 11.1 Å². The molecule has 0 fully saturated rings. The van der Waals surface area contributed by atoms with E-state index in [9.17, 15) is 17.6 Å². The maximum absolute atomic E-state index is 13.8. The molecular weight excluding hydrogens is 329 g/mol. The van der Waals surface area contributed by atoms with Gasteiger partial charge >= 0.3 is 0 Å². The fourth-order valence-corrected chi connectivity index (χ4v) is 3.64. The summed E-state index contributed by atoms with van der Waals surface area (Å²) < 4.78 is 40.3. The number of halogens is 2. The van der Waals surface area contributed by atoms with Crippen molar-refractivity contribution in [1.82, 2.24) is 4.72 Å². The molecule has 22 heavy (non-hydrogen) atoms. The number of fused-ring (bicyclic) bond motifs is 1. The topological polar surface area (TPSA) is 63.2 Å². The van der Waals surface area contributed by atoms with Crippen LogP contribution in [0.4, 0.5) is 4.39 Å². The second-order valence-electron chi connectivity index (χ2n) is 4.62. The molecule has 0 bridgehead atoms. The fourth-order valence-electron chi connectivity index (χ4n) is 2.17. The quantitative estimate of drug-likeness (QED) is 0.814. The van der Waals surface area contributed by atoms with E-state index in [1.54, 1.807) is 6.07 Å². The molecule has 7 heteroatoms. The maximum atomic E-state index is 13.8. The normalized spacial score (nSPS) is 17.9. The average Bonchev–Trinajstić information content (AvgIpc) is 2.48. The highest BCUT2D eigenvalue weighted by atomic mass is 35.5. The predicted octanol–water partition coefficient (Wildman–Crippen LogP) is 2.99. The van der Waals surface area contributed by atoms with Gasteiger partial charge in [0.2, 0.25) is 5.78 Å². The van der Waals surface area contributed by atoms with Crippen molar-refractivity contribution >= 4 is 33.5 Å². The molecule has 3 rings (SSSR count). The first kappa shape index (κ1) is 14.7. The van der Waals surface area contributed by atoms with Gasteiger partial charge in [0.1, 0.15) is 5.82 Å². The lowest BCUT2D eigenvalue weighted by Crippen LogP contribution is -2.34. The number of allylic oxidation sites excluding steroid dienone is 1. The highest BCUT2D eigenvalue weighted by Gasteiger charge is 2.31. The Bertz CT molecular complexity index is 902. The van der Waals surface area contributed by atoms with Crippen LogP contribution in [0, 0.1) is 5.82 Å². The van der Waals surface area contributed by atoms with Crippen LogP contribution in [0.25, 0.3) is 6.08 Å². The largest absolute Gasteiger partial charge is 0.287 e. The summed E-state index contributed by atoms with van der Waals surface area (Å²) in [6.45, 7) is 0. The summed E-state index contributed by atoms with van der Waals surface area (Å²) in [5, 5.41) is 0.0818. The molecule has 0 saturated heterocycles. The van der Waals surface area contributed by atoms with Gasteiger partial charge in [0.15, 0.2) is 0 Å². The summed E-state index contributed by atoms with van der Waals surface area (Å²) in [6.07, 6.45) is 1.10. The first-order valence-corrected chi connectivity index (χ1v) is 8.08. The van der Waals surface area contributed by atoms with Crippen molar-refractivity contribution < 1.29 is 17.6 Å². The Morgan fingerprint density at radius 3 is 2.55 bits per heavy atom. The monoisotopic (exact) mass is 337 g/mol. The molecule has 2 aromatic carbocycles. The van der Waals surface area contributed by atoms with Crippen LogP contribution in [0.1, 0.15) is 15.9 Å². The molecule has 0 unspecified atom stereocenters. The van der Waals surface area contributed by atoms with Crippen LogP contribution in [0.3, 0.4) is 0 Å². The molecule has 0 amide bonds. The highest BCUT2D eigenvalue weighted by Crippen LogP contribution is 2.27.